The molecular formula is C10H14O2S. The van der Waals surface area contributed by atoms with E-state index in [0.29, 0.717) is 5.25 Å². The van der Waals surface area contributed by atoms with Gasteiger partial charge < -0.3 is 9.52 Å². The minimum atomic E-state index is -0.343. The second kappa shape index (κ2) is 4.20. The lowest BCUT2D eigenvalue weighted by atomic mass is 10.1. The molecule has 1 saturated heterocycles. The van der Waals surface area contributed by atoms with Crippen molar-refractivity contribution in [3.05, 3.63) is 24.2 Å². The fraction of sp³-hybridized carbons (Fsp3) is 0.600. The van der Waals surface area contributed by atoms with Crippen molar-refractivity contribution in [2.24, 2.45) is 0 Å². The van der Waals surface area contributed by atoms with Crippen molar-refractivity contribution >= 4 is 11.8 Å². The predicted molar refractivity (Wildman–Crippen MR) is 53.8 cm³/mol. The van der Waals surface area contributed by atoms with E-state index < -0.39 is 0 Å². The van der Waals surface area contributed by atoms with Crippen molar-refractivity contribution in [2.45, 2.75) is 30.6 Å². The Hall–Kier alpha value is -0.410. The van der Waals surface area contributed by atoms with Gasteiger partial charge in [-0.05, 0) is 24.7 Å². The molecule has 0 aliphatic carbocycles. The van der Waals surface area contributed by atoms with E-state index in [2.05, 4.69) is 0 Å². The number of thioether (sulfide) groups is 1. The number of aliphatic hydroxyl groups excluding tert-OH is 1. The molecule has 1 fully saturated rings. The van der Waals surface area contributed by atoms with Crippen LogP contribution >= 0.6 is 11.8 Å². The number of hydrogen-bond donors (Lipinski definition) is 1. The fourth-order valence-electron chi connectivity index (χ4n) is 1.67. The van der Waals surface area contributed by atoms with Gasteiger partial charge in [0, 0.05) is 10.8 Å². The van der Waals surface area contributed by atoms with E-state index in [1.54, 1.807) is 12.5 Å². The molecule has 2 atom stereocenters. The summed E-state index contributed by atoms with van der Waals surface area (Å²) in [5.41, 5.74) is 0.916. The van der Waals surface area contributed by atoms with E-state index >= 15 is 0 Å². The van der Waals surface area contributed by atoms with Gasteiger partial charge in [-0.25, -0.2) is 0 Å². The quantitative estimate of drug-likeness (QED) is 0.793. The first kappa shape index (κ1) is 9.16. The first-order valence-electron chi connectivity index (χ1n) is 4.69. The molecule has 1 N–H and O–H groups in total. The summed E-state index contributed by atoms with van der Waals surface area (Å²) >= 11 is 1.88. The third kappa shape index (κ3) is 2.09. The van der Waals surface area contributed by atoms with Crippen LogP contribution in [0.5, 0.6) is 0 Å². The molecule has 3 heteroatoms. The zero-order valence-corrected chi connectivity index (χ0v) is 8.30. The molecule has 0 radical (unpaired) electrons. The Balaban J connectivity index is 1.99. The minimum Gasteiger partial charge on any atom is -0.472 e. The first-order chi connectivity index (χ1) is 6.38. The summed E-state index contributed by atoms with van der Waals surface area (Å²) in [4.78, 5) is 0. The molecular weight excluding hydrogens is 184 g/mol. The molecule has 2 rings (SSSR count). The third-order valence-corrected chi connectivity index (χ3v) is 3.90. The topological polar surface area (TPSA) is 33.4 Å². The van der Waals surface area contributed by atoms with Gasteiger partial charge in [-0.3, -0.25) is 0 Å². The van der Waals surface area contributed by atoms with Crippen LogP contribution < -0.4 is 0 Å². The highest BCUT2D eigenvalue weighted by Gasteiger charge is 2.23. The van der Waals surface area contributed by atoms with Crippen molar-refractivity contribution in [3.63, 3.8) is 0 Å². The Morgan fingerprint density at radius 3 is 3.08 bits per heavy atom. The van der Waals surface area contributed by atoms with Crippen molar-refractivity contribution < 1.29 is 9.52 Å². The number of aliphatic hydroxyl groups is 1. The lowest BCUT2D eigenvalue weighted by Crippen LogP contribution is -2.18. The van der Waals surface area contributed by atoms with Gasteiger partial charge in [0.1, 0.15) is 0 Å². The molecule has 1 aromatic rings. The Morgan fingerprint density at radius 2 is 2.46 bits per heavy atom. The second-order valence-corrected chi connectivity index (χ2v) is 4.75. The Morgan fingerprint density at radius 1 is 1.54 bits per heavy atom. The molecule has 13 heavy (non-hydrogen) atoms. The normalized spacial score (nSPS) is 25.8. The highest BCUT2D eigenvalue weighted by Crippen LogP contribution is 2.34. The van der Waals surface area contributed by atoms with E-state index in [9.17, 15) is 5.11 Å². The summed E-state index contributed by atoms with van der Waals surface area (Å²) in [5, 5.41) is 10.3. The summed E-state index contributed by atoms with van der Waals surface area (Å²) in [7, 11) is 0. The van der Waals surface area contributed by atoms with E-state index in [0.717, 1.165) is 12.0 Å². The van der Waals surface area contributed by atoms with E-state index in [1.807, 2.05) is 17.8 Å². The van der Waals surface area contributed by atoms with Gasteiger partial charge in [0.05, 0.1) is 18.6 Å². The van der Waals surface area contributed by atoms with Crippen LogP contribution in [-0.2, 0) is 0 Å². The Kier molecular flexibility index (Phi) is 2.96. The van der Waals surface area contributed by atoms with Gasteiger partial charge in [-0.2, -0.15) is 11.8 Å². The number of rotatable bonds is 2. The maximum absolute atomic E-state index is 9.95. The average Bonchev–Trinajstić information content (AvgIpc) is 2.71. The largest absolute Gasteiger partial charge is 0.472 e. The molecule has 1 aliphatic rings. The third-order valence-electron chi connectivity index (χ3n) is 2.45. The standard InChI is InChI=1S/C10H14O2S/c11-10(8-4-5-12-7-8)9-3-1-2-6-13-9/h4-5,7,9-11H,1-3,6H2. The summed E-state index contributed by atoms with van der Waals surface area (Å²) in [6.07, 6.45) is 6.57. The molecule has 2 heterocycles. The zero-order chi connectivity index (χ0) is 9.10. The van der Waals surface area contributed by atoms with Crippen molar-refractivity contribution in [1.29, 1.82) is 0 Å². The molecule has 0 amide bonds. The lowest BCUT2D eigenvalue weighted by molar-refractivity contribution is 0.168. The summed E-state index contributed by atoms with van der Waals surface area (Å²) in [5.74, 6) is 1.18. The molecule has 2 unspecified atom stereocenters. The van der Waals surface area contributed by atoms with Crippen LogP contribution in [0.4, 0.5) is 0 Å². The molecule has 2 nitrogen and oxygen atoms in total. The molecule has 72 valence electrons. The molecule has 0 bridgehead atoms. The van der Waals surface area contributed by atoms with Gasteiger partial charge in [-0.1, -0.05) is 6.42 Å². The van der Waals surface area contributed by atoms with E-state index in [-0.39, 0.29) is 6.10 Å². The molecule has 0 aromatic carbocycles. The van der Waals surface area contributed by atoms with Gasteiger partial charge in [0.15, 0.2) is 0 Å². The minimum absolute atomic E-state index is 0.343. The fourth-order valence-corrected chi connectivity index (χ4v) is 3.02. The summed E-state index contributed by atoms with van der Waals surface area (Å²) < 4.78 is 4.96. The Labute approximate surface area is 82.3 Å². The number of hydrogen-bond acceptors (Lipinski definition) is 3. The van der Waals surface area contributed by atoms with Gasteiger partial charge in [-0.15, -0.1) is 0 Å². The van der Waals surface area contributed by atoms with Gasteiger partial charge in [0.2, 0.25) is 0 Å². The van der Waals surface area contributed by atoms with Crippen LogP contribution in [0.3, 0.4) is 0 Å². The van der Waals surface area contributed by atoms with Crippen molar-refractivity contribution in [1.82, 2.24) is 0 Å². The zero-order valence-electron chi connectivity index (χ0n) is 7.48. The van der Waals surface area contributed by atoms with Crippen molar-refractivity contribution in [3.8, 4) is 0 Å². The highest BCUT2D eigenvalue weighted by atomic mass is 32.2. The van der Waals surface area contributed by atoms with Crippen LogP contribution in [0.15, 0.2) is 23.0 Å². The highest BCUT2D eigenvalue weighted by molar-refractivity contribution is 7.99. The maximum atomic E-state index is 9.95. The van der Waals surface area contributed by atoms with Crippen LogP contribution in [0.1, 0.15) is 30.9 Å². The van der Waals surface area contributed by atoms with Gasteiger partial charge >= 0.3 is 0 Å². The smallest absolute Gasteiger partial charge is 0.0961 e. The van der Waals surface area contributed by atoms with Crippen molar-refractivity contribution in [2.75, 3.05) is 5.75 Å². The van der Waals surface area contributed by atoms with Crippen LogP contribution in [0.2, 0.25) is 0 Å². The second-order valence-electron chi connectivity index (χ2n) is 3.41. The first-order valence-corrected chi connectivity index (χ1v) is 5.74. The Bertz CT molecular complexity index is 239. The molecule has 1 aromatic heterocycles. The lowest BCUT2D eigenvalue weighted by Gasteiger charge is -2.25. The number of furan rings is 1. The molecule has 0 spiro atoms. The van der Waals surface area contributed by atoms with E-state index in [4.69, 9.17) is 4.42 Å². The van der Waals surface area contributed by atoms with E-state index in [1.165, 1.54) is 18.6 Å². The summed E-state index contributed by atoms with van der Waals surface area (Å²) in [6, 6.07) is 1.85. The van der Waals surface area contributed by atoms with Crippen LogP contribution in [-0.4, -0.2) is 16.1 Å². The molecule has 1 aliphatic heterocycles. The van der Waals surface area contributed by atoms with Crippen LogP contribution in [0.25, 0.3) is 0 Å². The molecule has 0 saturated carbocycles. The maximum Gasteiger partial charge on any atom is 0.0961 e. The van der Waals surface area contributed by atoms with Crippen LogP contribution in [0, 0.1) is 0 Å². The van der Waals surface area contributed by atoms with Gasteiger partial charge in [0.25, 0.3) is 0 Å². The predicted octanol–water partition coefficient (Wildman–Crippen LogP) is 2.60. The SMILES string of the molecule is OC(c1ccoc1)C1CCCCS1. The average molecular weight is 198 g/mol. The monoisotopic (exact) mass is 198 g/mol. The summed E-state index contributed by atoms with van der Waals surface area (Å²) in [6.45, 7) is 0.